The molecular weight excluding hydrogens is 312 g/mol. The number of nitrogens with two attached hydrogens (primary N) is 1. The standard InChI is InChI=1S/C16H26N4S2/c17-16(20-6-9-21-10-7-20)18-11-14-3-1-5-19(12-14)13-15-4-2-8-22-15/h2,4,8,14H,1,3,5-7,9-13H2,(H2,17,18). The number of guanidine groups is 1. The van der Waals surface area contributed by atoms with Crippen LogP contribution in [0.4, 0.5) is 0 Å². The average Bonchev–Trinajstić information content (AvgIpc) is 3.07. The Kier molecular flexibility index (Phi) is 6.04. The quantitative estimate of drug-likeness (QED) is 0.676. The zero-order valence-electron chi connectivity index (χ0n) is 13.1. The van der Waals surface area contributed by atoms with Gasteiger partial charge in [-0.2, -0.15) is 11.8 Å². The first-order chi connectivity index (χ1) is 10.8. The molecule has 2 fully saturated rings. The van der Waals surface area contributed by atoms with E-state index < -0.39 is 0 Å². The molecule has 0 saturated carbocycles. The second-order valence-corrected chi connectivity index (χ2v) is 8.38. The van der Waals surface area contributed by atoms with Gasteiger partial charge in [-0.15, -0.1) is 11.3 Å². The van der Waals surface area contributed by atoms with Gasteiger partial charge in [-0.25, -0.2) is 0 Å². The van der Waals surface area contributed by atoms with Gasteiger partial charge in [0.05, 0.1) is 0 Å². The van der Waals surface area contributed by atoms with Crippen molar-refractivity contribution in [3.63, 3.8) is 0 Å². The number of piperidine rings is 1. The van der Waals surface area contributed by atoms with Crippen LogP contribution in [-0.2, 0) is 6.54 Å². The van der Waals surface area contributed by atoms with E-state index >= 15 is 0 Å². The maximum absolute atomic E-state index is 6.16. The van der Waals surface area contributed by atoms with Crippen LogP contribution in [0.2, 0.25) is 0 Å². The maximum atomic E-state index is 6.16. The highest BCUT2D eigenvalue weighted by Crippen LogP contribution is 2.20. The van der Waals surface area contributed by atoms with Crippen molar-refractivity contribution in [3.8, 4) is 0 Å². The molecule has 2 aliphatic rings. The van der Waals surface area contributed by atoms with Gasteiger partial charge in [0.25, 0.3) is 0 Å². The minimum absolute atomic E-state index is 0.659. The minimum Gasteiger partial charge on any atom is -0.370 e. The van der Waals surface area contributed by atoms with Crippen molar-refractivity contribution in [2.75, 3.05) is 44.2 Å². The van der Waals surface area contributed by atoms with Gasteiger partial charge in [0, 0.05) is 49.1 Å². The fraction of sp³-hybridized carbons (Fsp3) is 0.688. The van der Waals surface area contributed by atoms with Crippen LogP contribution < -0.4 is 5.73 Å². The van der Waals surface area contributed by atoms with E-state index in [4.69, 9.17) is 10.7 Å². The summed E-state index contributed by atoms with van der Waals surface area (Å²) in [5.74, 6) is 3.77. The summed E-state index contributed by atoms with van der Waals surface area (Å²) in [6.45, 7) is 6.46. The fourth-order valence-electron chi connectivity index (χ4n) is 3.18. The Morgan fingerprint density at radius 2 is 2.18 bits per heavy atom. The first kappa shape index (κ1) is 16.1. The van der Waals surface area contributed by atoms with Gasteiger partial charge in [0.1, 0.15) is 0 Å². The number of hydrogen-bond donors (Lipinski definition) is 1. The third kappa shape index (κ3) is 4.64. The summed E-state index contributed by atoms with van der Waals surface area (Å²) in [5.41, 5.74) is 6.16. The highest BCUT2D eigenvalue weighted by atomic mass is 32.2. The van der Waals surface area contributed by atoms with Gasteiger partial charge >= 0.3 is 0 Å². The van der Waals surface area contributed by atoms with Crippen LogP contribution in [0, 0.1) is 5.92 Å². The Hall–Kier alpha value is -0.720. The molecule has 3 rings (SSSR count). The lowest BCUT2D eigenvalue weighted by Gasteiger charge is -2.32. The summed E-state index contributed by atoms with van der Waals surface area (Å²) in [5, 5.41) is 2.17. The molecule has 0 spiro atoms. The molecule has 2 aliphatic heterocycles. The Morgan fingerprint density at radius 3 is 2.95 bits per heavy atom. The van der Waals surface area contributed by atoms with Gasteiger partial charge in [-0.3, -0.25) is 9.89 Å². The van der Waals surface area contributed by atoms with Gasteiger partial charge < -0.3 is 10.6 Å². The van der Waals surface area contributed by atoms with E-state index in [0.717, 1.165) is 38.7 Å². The zero-order chi connectivity index (χ0) is 15.2. The number of nitrogens with zero attached hydrogens (tertiary/aromatic N) is 3. The molecule has 1 unspecified atom stereocenters. The molecule has 1 aromatic heterocycles. The highest BCUT2D eigenvalue weighted by Gasteiger charge is 2.20. The van der Waals surface area contributed by atoms with Crippen molar-refractivity contribution in [2.45, 2.75) is 19.4 Å². The van der Waals surface area contributed by atoms with Crippen molar-refractivity contribution >= 4 is 29.1 Å². The van der Waals surface area contributed by atoms with E-state index in [9.17, 15) is 0 Å². The number of thioether (sulfide) groups is 1. The maximum Gasteiger partial charge on any atom is 0.191 e. The molecule has 0 bridgehead atoms. The van der Waals surface area contributed by atoms with E-state index in [0.29, 0.717) is 5.92 Å². The molecule has 3 heterocycles. The summed E-state index contributed by atoms with van der Waals surface area (Å²) < 4.78 is 0. The lowest BCUT2D eigenvalue weighted by molar-refractivity contribution is 0.172. The summed E-state index contributed by atoms with van der Waals surface area (Å²) in [7, 11) is 0. The minimum atomic E-state index is 0.659. The summed E-state index contributed by atoms with van der Waals surface area (Å²) in [6, 6.07) is 4.38. The van der Waals surface area contributed by atoms with E-state index in [2.05, 4.69) is 27.3 Å². The van der Waals surface area contributed by atoms with Crippen LogP contribution in [-0.4, -0.2) is 60.0 Å². The Morgan fingerprint density at radius 1 is 1.32 bits per heavy atom. The Labute approximate surface area is 141 Å². The molecule has 1 aromatic rings. The van der Waals surface area contributed by atoms with E-state index in [1.54, 1.807) is 0 Å². The molecule has 0 amide bonds. The molecule has 22 heavy (non-hydrogen) atoms. The average molecular weight is 339 g/mol. The van der Waals surface area contributed by atoms with Crippen molar-refractivity contribution in [1.82, 2.24) is 9.80 Å². The SMILES string of the molecule is NC(=NCC1CCCN(Cc2cccs2)C1)N1CCSCC1. The van der Waals surface area contributed by atoms with E-state index in [1.807, 2.05) is 23.1 Å². The largest absolute Gasteiger partial charge is 0.370 e. The molecule has 0 aliphatic carbocycles. The van der Waals surface area contributed by atoms with Crippen LogP contribution >= 0.6 is 23.1 Å². The van der Waals surface area contributed by atoms with Crippen LogP contribution in [0.5, 0.6) is 0 Å². The van der Waals surface area contributed by atoms with Gasteiger partial charge in [-0.1, -0.05) is 6.07 Å². The lowest BCUT2D eigenvalue weighted by Crippen LogP contribution is -2.43. The van der Waals surface area contributed by atoms with Crippen LogP contribution in [0.3, 0.4) is 0 Å². The topological polar surface area (TPSA) is 44.9 Å². The molecule has 122 valence electrons. The molecule has 6 heteroatoms. The summed E-state index contributed by atoms with van der Waals surface area (Å²) >= 11 is 3.86. The number of aliphatic imine (C=N–C) groups is 1. The molecule has 0 radical (unpaired) electrons. The zero-order valence-corrected chi connectivity index (χ0v) is 14.7. The van der Waals surface area contributed by atoms with E-state index in [-0.39, 0.29) is 0 Å². The van der Waals surface area contributed by atoms with Crippen LogP contribution in [0.15, 0.2) is 22.5 Å². The van der Waals surface area contributed by atoms with Crippen molar-refractivity contribution in [3.05, 3.63) is 22.4 Å². The monoisotopic (exact) mass is 338 g/mol. The van der Waals surface area contributed by atoms with Crippen LogP contribution in [0.25, 0.3) is 0 Å². The van der Waals surface area contributed by atoms with Crippen molar-refractivity contribution < 1.29 is 0 Å². The number of hydrogen-bond acceptors (Lipinski definition) is 4. The smallest absolute Gasteiger partial charge is 0.191 e. The van der Waals surface area contributed by atoms with Crippen LogP contribution in [0.1, 0.15) is 17.7 Å². The first-order valence-corrected chi connectivity index (χ1v) is 10.2. The second-order valence-electron chi connectivity index (χ2n) is 6.12. The number of rotatable bonds is 4. The third-order valence-electron chi connectivity index (χ3n) is 4.41. The number of thiophene rings is 1. The summed E-state index contributed by atoms with van der Waals surface area (Å²) in [4.78, 5) is 11.0. The van der Waals surface area contributed by atoms with Gasteiger partial charge in [0.2, 0.25) is 0 Å². The van der Waals surface area contributed by atoms with Gasteiger partial charge in [-0.05, 0) is 36.8 Å². The molecule has 2 N–H and O–H groups in total. The molecular formula is C16H26N4S2. The normalized spacial score (nSPS) is 24.6. The fourth-order valence-corrected chi connectivity index (χ4v) is 4.83. The highest BCUT2D eigenvalue weighted by molar-refractivity contribution is 7.99. The molecule has 2 saturated heterocycles. The first-order valence-electron chi connectivity index (χ1n) is 8.18. The third-order valence-corrected chi connectivity index (χ3v) is 6.21. The summed E-state index contributed by atoms with van der Waals surface area (Å²) in [6.07, 6.45) is 2.57. The molecule has 4 nitrogen and oxygen atoms in total. The molecule has 1 atom stereocenters. The van der Waals surface area contributed by atoms with Gasteiger partial charge in [0.15, 0.2) is 5.96 Å². The molecule has 0 aromatic carbocycles. The Balaban J connectivity index is 1.47. The predicted octanol–water partition coefficient (Wildman–Crippen LogP) is 2.32. The lowest BCUT2D eigenvalue weighted by atomic mass is 9.98. The van der Waals surface area contributed by atoms with Crippen molar-refractivity contribution in [2.24, 2.45) is 16.6 Å². The van der Waals surface area contributed by atoms with E-state index in [1.165, 1.54) is 35.8 Å². The number of likely N-dealkylation sites (tertiary alicyclic amines) is 1. The predicted molar refractivity (Wildman–Crippen MR) is 97.7 cm³/mol. The van der Waals surface area contributed by atoms with Crippen molar-refractivity contribution in [1.29, 1.82) is 0 Å². The Bertz CT molecular complexity index is 469. The second kappa shape index (κ2) is 8.22.